The zero-order valence-electron chi connectivity index (χ0n) is 12.2. The van der Waals surface area contributed by atoms with Gasteiger partial charge in [-0.1, -0.05) is 26.0 Å². The molecule has 0 radical (unpaired) electrons. The summed E-state index contributed by atoms with van der Waals surface area (Å²) >= 11 is 0. The summed E-state index contributed by atoms with van der Waals surface area (Å²) in [5, 5.41) is 12.1. The molecular weight excluding hydrogens is 248 g/mol. The van der Waals surface area contributed by atoms with Crippen molar-refractivity contribution >= 4 is 5.82 Å². The summed E-state index contributed by atoms with van der Waals surface area (Å²) < 4.78 is 0. The highest BCUT2D eigenvalue weighted by molar-refractivity contribution is 5.69. The van der Waals surface area contributed by atoms with Crippen LogP contribution in [0, 0.1) is 18.3 Å². The van der Waals surface area contributed by atoms with Gasteiger partial charge in [0.25, 0.3) is 0 Å². The molecule has 0 saturated carbocycles. The maximum atomic E-state index is 9.03. The van der Waals surface area contributed by atoms with Crippen LogP contribution in [0.2, 0.25) is 0 Å². The number of nitrogens with one attached hydrogen (secondary N) is 1. The first-order chi connectivity index (χ1) is 9.56. The van der Waals surface area contributed by atoms with Crippen molar-refractivity contribution in [1.82, 2.24) is 9.97 Å². The summed E-state index contributed by atoms with van der Waals surface area (Å²) in [7, 11) is 1.86. The monoisotopic (exact) mass is 266 g/mol. The Bertz CT molecular complexity index is 669. The number of aromatic nitrogens is 2. The Morgan fingerprint density at radius 2 is 2.00 bits per heavy atom. The van der Waals surface area contributed by atoms with Gasteiger partial charge in [-0.15, -0.1) is 0 Å². The summed E-state index contributed by atoms with van der Waals surface area (Å²) in [5.41, 5.74) is 3.46. The van der Waals surface area contributed by atoms with Crippen molar-refractivity contribution in [2.45, 2.75) is 26.7 Å². The van der Waals surface area contributed by atoms with Gasteiger partial charge in [-0.3, -0.25) is 0 Å². The molecule has 0 amide bonds. The van der Waals surface area contributed by atoms with Crippen molar-refractivity contribution in [3.63, 3.8) is 0 Å². The normalized spacial score (nSPS) is 10.4. The van der Waals surface area contributed by atoms with Gasteiger partial charge in [-0.2, -0.15) is 5.26 Å². The molecule has 2 aromatic rings. The summed E-state index contributed by atoms with van der Waals surface area (Å²) in [6.45, 7) is 6.13. The van der Waals surface area contributed by atoms with E-state index < -0.39 is 0 Å². The lowest BCUT2D eigenvalue weighted by molar-refractivity contribution is 0.775. The van der Waals surface area contributed by atoms with Crippen LogP contribution < -0.4 is 5.32 Å². The van der Waals surface area contributed by atoms with Gasteiger partial charge in [0, 0.05) is 24.1 Å². The van der Waals surface area contributed by atoms with Crippen molar-refractivity contribution in [2.24, 2.45) is 0 Å². The minimum Gasteiger partial charge on any atom is -0.373 e. The molecule has 0 aliphatic carbocycles. The summed E-state index contributed by atoms with van der Waals surface area (Å²) in [6.07, 6.45) is 0. The molecule has 0 unspecified atom stereocenters. The molecule has 20 heavy (non-hydrogen) atoms. The first-order valence-corrected chi connectivity index (χ1v) is 6.63. The van der Waals surface area contributed by atoms with E-state index in [0.717, 1.165) is 28.5 Å². The van der Waals surface area contributed by atoms with E-state index in [-0.39, 0.29) is 5.92 Å². The fourth-order valence-corrected chi connectivity index (χ4v) is 2.05. The van der Waals surface area contributed by atoms with Crippen LogP contribution in [0.15, 0.2) is 24.3 Å². The molecule has 0 aliphatic heterocycles. The van der Waals surface area contributed by atoms with Crippen molar-refractivity contribution in [3.05, 3.63) is 41.2 Å². The molecule has 2 rings (SSSR count). The van der Waals surface area contributed by atoms with E-state index in [4.69, 9.17) is 5.26 Å². The Morgan fingerprint density at radius 3 is 2.60 bits per heavy atom. The molecule has 1 aromatic heterocycles. The van der Waals surface area contributed by atoms with Gasteiger partial charge in [0.15, 0.2) is 0 Å². The topological polar surface area (TPSA) is 61.6 Å². The molecule has 0 atom stereocenters. The Hall–Kier alpha value is -2.41. The smallest absolute Gasteiger partial charge is 0.133 e. The molecule has 4 nitrogen and oxygen atoms in total. The van der Waals surface area contributed by atoms with Crippen LogP contribution in [0.1, 0.15) is 36.7 Å². The Kier molecular flexibility index (Phi) is 3.99. The molecule has 1 heterocycles. The summed E-state index contributed by atoms with van der Waals surface area (Å²) in [5.74, 6) is 1.89. The number of rotatable bonds is 3. The van der Waals surface area contributed by atoms with Crippen molar-refractivity contribution in [1.29, 1.82) is 5.26 Å². The Morgan fingerprint density at radius 1 is 1.25 bits per heavy atom. The summed E-state index contributed by atoms with van der Waals surface area (Å²) in [4.78, 5) is 9.20. The zero-order valence-corrected chi connectivity index (χ0v) is 12.2. The number of nitrogens with zero attached hydrogens (tertiary/aromatic N) is 3. The maximum Gasteiger partial charge on any atom is 0.133 e. The zero-order chi connectivity index (χ0) is 14.7. The maximum absolute atomic E-state index is 9.03. The van der Waals surface area contributed by atoms with E-state index >= 15 is 0 Å². The van der Waals surface area contributed by atoms with Gasteiger partial charge in [0.1, 0.15) is 11.6 Å². The van der Waals surface area contributed by atoms with Gasteiger partial charge in [-0.05, 0) is 19.1 Å². The Labute approximate surface area is 119 Å². The first kappa shape index (κ1) is 14.0. The second-order valence-electron chi connectivity index (χ2n) is 5.00. The van der Waals surface area contributed by atoms with Crippen LogP contribution in [-0.4, -0.2) is 17.0 Å². The average Bonchev–Trinajstić information content (AvgIpc) is 2.47. The highest BCUT2D eigenvalue weighted by Gasteiger charge is 2.14. The highest BCUT2D eigenvalue weighted by Crippen LogP contribution is 2.27. The van der Waals surface area contributed by atoms with Crippen LogP contribution in [0.3, 0.4) is 0 Å². The minimum atomic E-state index is 0.251. The van der Waals surface area contributed by atoms with Crippen LogP contribution >= 0.6 is 0 Å². The van der Waals surface area contributed by atoms with Crippen LogP contribution in [0.25, 0.3) is 11.3 Å². The largest absolute Gasteiger partial charge is 0.373 e. The fourth-order valence-electron chi connectivity index (χ4n) is 2.05. The molecular formula is C16H18N4. The van der Waals surface area contributed by atoms with Crippen LogP contribution in [0.4, 0.5) is 5.82 Å². The number of hydrogen-bond acceptors (Lipinski definition) is 4. The van der Waals surface area contributed by atoms with Crippen molar-refractivity contribution in [3.8, 4) is 17.3 Å². The second-order valence-corrected chi connectivity index (χ2v) is 5.00. The quantitative estimate of drug-likeness (QED) is 0.923. The second kappa shape index (κ2) is 5.70. The van der Waals surface area contributed by atoms with E-state index in [9.17, 15) is 0 Å². The third kappa shape index (κ3) is 2.62. The van der Waals surface area contributed by atoms with E-state index in [0.29, 0.717) is 5.56 Å². The van der Waals surface area contributed by atoms with E-state index in [1.54, 1.807) is 6.07 Å². The molecule has 0 bridgehead atoms. The number of anilines is 1. The molecule has 1 aromatic carbocycles. The lowest BCUT2D eigenvalue weighted by Crippen LogP contribution is -2.06. The van der Waals surface area contributed by atoms with Gasteiger partial charge in [0.2, 0.25) is 0 Å². The molecule has 0 aliphatic rings. The lowest BCUT2D eigenvalue weighted by Gasteiger charge is -2.14. The van der Waals surface area contributed by atoms with E-state index in [1.807, 2.05) is 32.2 Å². The van der Waals surface area contributed by atoms with Crippen molar-refractivity contribution in [2.75, 3.05) is 12.4 Å². The average molecular weight is 266 g/mol. The molecule has 0 spiro atoms. The highest BCUT2D eigenvalue weighted by atomic mass is 15.0. The standard InChI is InChI=1S/C16H18N4/c1-10(2)15-19-14(11(3)16(18-4)20-15)13-7-5-6-12(8-13)9-17/h5-8,10H,1-4H3,(H,18,19,20). The van der Waals surface area contributed by atoms with E-state index in [2.05, 4.69) is 35.2 Å². The Balaban J connectivity index is 2.66. The minimum absolute atomic E-state index is 0.251. The third-order valence-corrected chi connectivity index (χ3v) is 3.18. The molecule has 0 fully saturated rings. The number of nitriles is 1. The predicted octanol–water partition coefficient (Wildman–Crippen LogP) is 3.49. The van der Waals surface area contributed by atoms with E-state index in [1.165, 1.54) is 0 Å². The summed E-state index contributed by atoms with van der Waals surface area (Å²) in [6, 6.07) is 9.67. The van der Waals surface area contributed by atoms with Gasteiger partial charge in [-0.25, -0.2) is 9.97 Å². The predicted molar refractivity (Wildman–Crippen MR) is 80.6 cm³/mol. The van der Waals surface area contributed by atoms with Crippen LogP contribution in [-0.2, 0) is 0 Å². The van der Waals surface area contributed by atoms with Gasteiger partial charge >= 0.3 is 0 Å². The van der Waals surface area contributed by atoms with Crippen molar-refractivity contribution < 1.29 is 0 Å². The number of benzene rings is 1. The molecule has 0 saturated heterocycles. The number of hydrogen-bond donors (Lipinski definition) is 1. The first-order valence-electron chi connectivity index (χ1n) is 6.63. The molecule has 102 valence electrons. The van der Waals surface area contributed by atoms with Crippen LogP contribution in [0.5, 0.6) is 0 Å². The fraction of sp³-hybridized carbons (Fsp3) is 0.312. The third-order valence-electron chi connectivity index (χ3n) is 3.18. The lowest BCUT2D eigenvalue weighted by atomic mass is 10.0. The van der Waals surface area contributed by atoms with Gasteiger partial charge in [0.05, 0.1) is 17.3 Å². The molecule has 1 N–H and O–H groups in total. The van der Waals surface area contributed by atoms with Gasteiger partial charge < -0.3 is 5.32 Å². The molecule has 4 heteroatoms. The SMILES string of the molecule is CNc1nc(C(C)C)nc(-c2cccc(C#N)c2)c1C.